The van der Waals surface area contributed by atoms with Crippen molar-refractivity contribution in [1.82, 2.24) is 14.9 Å². The lowest BCUT2D eigenvalue weighted by atomic mass is 10.1. The summed E-state index contributed by atoms with van der Waals surface area (Å²) in [5.41, 5.74) is 1.18. The second kappa shape index (κ2) is 8.33. The van der Waals surface area contributed by atoms with Crippen molar-refractivity contribution in [2.75, 3.05) is 13.1 Å². The third-order valence-electron chi connectivity index (χ3n) is 3.43. The smallest absolute Gasteiger partial charge is 0.228 e. The molecule has 5 nitrogen and oxygen atoms in total. The van der Waals surface area contributed by atoms with Crippen LogP contribution < -0.4 is 0 Å². The first-order valence-electron chi connectivity index (χ1n) is 7.56. The van der Waals surface area contributed by atoms with E-state index in [2.05, 4.69) is 9.97 Å². The number of aliphatic hydroxyl groups is 1. The molecule has 6 heteroatoms. The Balaban J connectivity index is 2.02. The van der Waals surface area contributed by atoms with E-state index in [1.54, 1.807) is 29.4 Å². The monoisotopic (exact) mass is 317 g/mol. The van der Waals surface area contributed by atoms with E-state index in [0.29, 0.717) is 17.8 Å². The summed E-state index contributed by atoms with van der Waals surface area (Å²) in [7, 11) is 0. The normalized spacial score (nSPS) is 12.0. The highest BCUT2D eigenvalue weighted by Crippen LogP contribution is 2.14. The first-order valence-corrected chi connectivity index (χ1v) is 7.56. The predicted molar refractivity (Wildman–Crippen MR) is 84.0 cm³/mol. The van der Waals surface area contributed by atoms with Crippen LogP contribution >= 0.6 is 0 Å². The fourth-order valence-corrected chi connectivity index (χ4v) is 2.25. The second-order valence-electron chi connectivity index (χ2n) is 5.29. The maximum absolute atomic E-state index is 12.9. The van der Waals surface area contributed by atoms with Gasteiger partial charge >= 0.3 is 0 Å². The highest BCUT2D eigenvalue weighted by atomic mass is 19.1. The van der Waals surface area contributed by atoms with Gasteiger partial charge in [-0.1, -0.05) is 13.0 Å². The number of hydrogen-bond acceptors (Lipinski definition) is 4. The van der Waals surface area contributed by atoms with Crippen molar-refractivity contribution >= 4 is 5.91 Å². The van der Waals surface area contributed by atoms with Gasteiger partial charge in [0.15, 0.2) is 0 Å². The molecule has 0 aliphatic carbocycles. The zero-order valence-corrected chi connectivity index (χ0v) is 13.0. The van der Waals surface area contributed by atoms with Gasteiger partial charge < -0.3 is 10.0 Å². The van der Waals surface area contributed by atoms with E-state index in [4.69, 9.17) is 0 Å². The quantitative estimate of drug-likeness (QED) is 0.849. The SMILES string of the molecule is CCCN(C[C@@H](O)c1cccnc1)C(=O)Cc1ccc(F)cn1. The molecule has 0 saturated heterocycles. The molecule has 0 aromatic carbocycles. The molecule has 0 bridgehead atoms. The Kier molecular flexibility index (Phi) is 6.17. The molecule has 0 radical (unpaired) electrons. The van der Waals surface area contributed by atoms with Gasteiger partial charge in [0.1, 0.15) is 5.82 Å². The Hall–Kier alpha value is -2.34. The van der Waals surface area contributed by atoms with E-state index in [9.17, 15) is 14.3 Å². The summed E-state index contributed by atoms with van der Waals surface area (Å²) < 4.78 is 12.9. The minimum Gasteiger partial charge on any atom is -0.386 e. The van der Waals surface area contributed by atoms with Crippen molar-refractivity contribution in [1.29, 1.82) is 0 Å². The Morgan fingerprint density at radius 3 is 2.78 bits per heavy atom. The van der Waals surface area contributed by atoms with Gasteiger partial charge in [0, 0.05) is 30.2 Å². The lowest BCUT2D eigenvalue weighted by molar-refractivity contribution is -0.132. The molecule has 1 N–H and O–H groups in total. The summed E-state index contributed by atoms with van der Waals surface area (Å²) in [6.45, 7) is 2.70. The molecule has 0 saturated carbocycles. The van der Waals surface area contributed by atoms with Gasteiger partial charge in [0.2, 0.25) is 5.91 Å². The zero-order chi connectivity index (χ0) is 16.7. The second-order valence-corrected chi connectivity index (χ2v) is 5.29. The molecule has 2 aromatic rings. The molecule has 0 aliphatic rings. The summed E-state index contributed by atoms with van der Waals surface area (Å²) in [6.07, 6.45) is 4.38. The number of rotatable bonds is 7. The topological polar surface area (TPSA) is 66.3 Å². The average Bonchev–Trinajstić information content (AvgIpc) is 2.57. The van der Waals surface area contributed by atoms with Crippen molar-refractivity contribution in [3.63, 3.8) is 0 Å². The van der Waals surface area contributed by atoms with Crippen LogP contribution in [0.1, 0.15) is 30.7 Å². The maximum Gasteiger partial charge on any atom is 0.228 e. The first kappa shape index (κ1) is 17.0. The minimum absolute atomic E-state index is 0.0834. The molecule has 122 valence electrons. The molecular formula is C17H20FN3O2. The standard InChI is InChI=1S/C17H20FN3O2/c1-2-8-21(12-16(22)13-4-3-7-19-10-13)17(23)9-15-6-5-14(18)11-20-15/h3-7,10-11,16,22H,2,8-9,12H2,1H3/t16-/m1/s1. The first-order chi connectivity index (χ1) is 11.1. The molecule has 0 fully saturated rings. The lowest BCUT2D eigenvalue weighted by Gasteiger charge is -2.25. The van der Waals surface area contributed by atoms with Crippen molar-refractivity contribution < 1.29 is 14.3 Å². The number of aliphatic hydroxyl groups excluding tert-OH is 1. The number of nitrogens with zero attached hydrogens (tertiary/aromatic N) is 3. The van der Waals surface area contributed by atoms with Gasteiger partial charge in [0.25, 0.3) is 0 Å². The largest absolute Gasteiger partial charge is 0.386 e. The molecule has 2 aromatic heterocycles. The number of pyridine rings is 2. The molecule has 0 unspecified atom stereocenters. The number of carbonyl (C=O) groups excluding carboxylic acids is 1. The summed E-state index contributed by atoms with van der Waals surface area (Å²) >= 11 is 0. The van der Waals surface area contributed by atoms with E-state index in [1.165, 1.54) is 12.1 Å². The number of carbonyl (C=O) groups is 1. The molecule has 23 heavy (non-hydrogen) atoms. The van der Waals surface area contributed by atoms with Crippen LogP contribution in [0, 0.1) is 5.82 Å². The highest BCUT2D eigenvalue weighted by Gasteiger charge is 2.19. The third kappa shape index (κ3) is 5.10. The zero-order valence-electron chi connectivity index (χ0n) is 13.0. The molecule has 2 heterocycles. The van der Waals surface area contributed by atoms with Crippen molar-refractivity contribution in [3.05, 3.63) is 59.9 Å². The van der Waals surface area contributed by atoms with Gasteiger partial charge in [-0.2, -0.15) is 0 Å². The van der Waals surface area contributed by atoms with Crippen molar-refractivity contribution in [2.24, 2.45) is 0 Å². The van der Waals surface area contributed by atoms with E-state index in [-0.39, 0.29) is 18.9 Å². The van der Waals surface area contributed by atoms with Crippen LogP contribution in [0.15, 0.2) is 42.9 Å². The van der Waals surface area contributed by atoms with Crippen LogP contribution in [0.25, 0.3) is 0 Å². The third-order valence-corrected chi connectivity index (χ3v) is 3.43. The summed E-state index contributed by atoms with van der Waals surface area (Å²) in [6, 6.07) is 6.29. The number of halogens is 1. The number of hydrogen-bond donors (Lipinski definition) is 1. The van der Waals surface area contributed by atoms with Crippen molar-refractivity contribution in [3.8, 4) is 0 Å². The van der Waals surface area contributed by atoms with Crippen molar-refractivity contribution in [2.45, 2.75) is 25.9 Å². The van der Waals surface area contributed by atoms with Crippen LogP contribution in [0.3, 0.4) is 0 Å². The molecule has 1 amide bonds. The fourth-order valence-electron chi connectivity index (χ4n) is 2.25. The summed E-state index contributed by atoms with van der Waals surface area (Å²) in [4.78, 5) is 21.9. The van der Waals surface area contributed by atoms with E-state index in [1.807, 2.05) is 6.92 Å². The van der Waals surface area contributed by atoms with E-state index in [0.717, 1.165) is 12.6 Å². The highest BCUT2D eigenvalue weighted by molar-refractivity contribution is 5.78. The Morgan fingerprint density at radius 1 is 1.35 bits per heavy atom. The van der Waals surface area contributed by atoms with Gasteiger partial charge in [0.05, 0.1) is 25.3 Å². The number of amides is 1. The predicted octanol–water partition coefficient (Wildman–Crippen LogP) is 2.13. The lowest BCUT2D eigenvalue weighted by Crippen LogP contribution is -2.36. The molecule has 2 rings (SSSR count). The van der Waals surface area contributed by atoms with Gasteiger partial charge in [-0.3, -0.25) is 14.8 Å². The van der Waals surface area contributed by atoms with E-state index >= 15 is 0 Å². The molecule has 0 aliphatic heterocycles. The van der Waals surface area contributed by atoms with Gasteiger partial charge in [-0.15, -0.1) is 0 Å². The molecule has 1 atom stereocenters. The van der Waals surface area contributed by atoms with Crippen LogP contribution in [-0.4, -0.2) is 39.0 Å². The van der Waals surface area contributed by atoms with Crippen LogP contribution in [-0.2, 0) is 11.2 Å². The Labute approximate surface area is 134 Å². The van der Waals surface area contributed by atoms with Crippen LogP contribution in [0.2, 0.25) is 0 Å². The van der Waals surface area contributed by atoms with Crippen LogP contribution in [0.5, 0.6) is 0 Å². The van der Waals surface area contributed by atoms with E-state index < -0.39 is 11.9 Å². The fraction of sp³-hybridized carbons (Fsp3) is 0.353. The van der Waals surface area contributed by atoms with Crippen LogP contribution in [0.4, 0.5) is 4.39 Å². The van der Waals surface area contributed by atoms with Gasteiger partial charge in [-0.25, -0.2) is 4.39 Å². The summed E-state index contributed by atoms with van der Waals surface area (Å²) in [5.74, 6) is -0.576. The molecule has 0 spiro atoms. The maximum atomic E-state index is 12.9. The average molecular weight is 317 g/mol. The Bertz CT molecular complexity index is 619. The number of aromatic nitrogens is 2. The molecular weight excluding hydrogens is 297 g/mol. The summed E-state index contributed by atoms with van der Waals surface area (Å²) in [5, 5.41) is 10.3. The Morgan fingerprint density at radius 2 is 2.17 bits per heavy atom. The van der Waals surface area contributed by atoms with Gasteiger partial charge in [-0.05, 0) is 24.6 Å². The minimum atomic E-state index is -0.791.